The maximum Gasteiger partial charge on any atom is 0.323 e. The van der Waals surface area contributed by atoms with Gasteiger partial charge in [-0.05, 0) is 72.0 Å². The Hall–Kier alpha value is -2.98. The van der Waals surface area contributed by atoms with Gasteiger partial charge in [0.15, 0.2) is 10.8 Å². The number of piperidine rings is 2. The first kappa shape index (κ1) is 32.2. The fourth-order valence-corrected chi connectivity index (χ4v) is 4.85. The van der Waals surface area contributed by atoms with Gasteiger partial charge in [0, 0.05) is 19.6 Å². The lowest BCUT2D eigenvalue weighted by Crippen LogP contribution is -2.50. The molecule has 0 saturated carbocycles. The van der Waals surface area contributed by atoms with E-state index in [0.717, 1.165) is 6.54 Å². The van der Waals surface area contributed by atoms with E-state index in [9.17, 15) is 19.2 Å². The van der Waals surface area contributed by atoms with Crippen molar-refractivity contribution in [2.24, 2.45) is 10.8 Å². The summed E-state index contributed by atoms with van der Waals surface area (Å²) in [4.78, 5) is 50.7. The Morgan fingerprint density at radius 2 is 1.05 bits per heavy atom. The average Bonchev–Trinajstić information content (AvgIpc) is 2.95. The third-order valence-electron chi connectivity index (χ3n) is 7.08. The minimum Gasteiger partial charge on any atom is -0.465 e. The van der Waals surface area contributed by atoms with Crippen LogP contribution in [-0.2, 0) is 44.7 Å². The highest BCUT2D eigenvalue weighted by Gasteiger charge is 2.51. The van der Waals surface area contributed by atoms with Crippen LogP contribution in [0.4, 0.5) is 0 Å². The fourth-order valence-electron chi connectivity index (χ4n) is 4.85. The molecule has 0 bridgehead atoms. The highest BCUT2D eigenvalue weighted by molar-refractivity contribution is 6.00. The van der Waals surface area contributed by atoms with Crippen LogP contribution in [0.15, 0.2) is 30.3 Å². The smallest absolute Gasteiger partial charge is 0.323 e. The first-order chi connectivity index (χ1) is 18.8. The molecule has 0 atom stereocenters. The lowest BCUT2D eigenvalue weighted by atomic mass is 9.78. The number of carbonyl (C=O) groups is 4. The first-order valence-corrected chi connectivity index (χ1v) is 14.0. The molecule has 10 nitrogen and oxygen atoms in total. The van der Waals surface area contributed by atoms with Gasteiger partial charge < -0.3 is 24.3 Å². The van der Waals surface area contributed by atoms with Crippen molar-refractivity contribution < 1.29 is 38.1 Å². The zero-order chi connectivity index (χ0) is 28.7. The molecule has 0 radical (unpaired) electrons. The Morgan fingerprint density at radius 1 is 0.667 bits per heavy atom. The average molecular weight is 549 g/mol. The van der Waals surface area contributed by atoms with Crippen LogP contribution in [0.2, 0.25) is 0 Å². The van der Waals surface area contributed by atoms with Crippen molar-refractivity contribution in [3.8, 4) is 0 Å². The van der Waals surface area contributed by atoms with E-state index in [1.54, 1.807) is 27.7 Å². The SMILES string of the molecule is CCOC(=O)C1(C(=O)OCC)CCN(Cc2ccccc2)CC1.CCOC(=O)C1(C(=O)OCC)CCNCC1. The highest BCUT2D eigenvalue weighted by Crippen LogP contribution is 2.35. The Morgan fingerprint density at radius 3 is 1.44 bits per heavy atom. The van der Waals surface area contributed by atoms with Crippen molar-refractivity contribution >= 4 is 23.9 Å². The van der Waals surface area contributed by atoms with Gasteiger partial charge in [0.05, 0.1) is 26.4 Å². The number of esters is 4. The number of carbonyl (C=O) groups excluding carboxylic acids is 4. The van der Waals surface area contributed by atoms with Gasteiger partial charge in [-0.1, -0.05) is 30.3 Å². The number of nitrogens with zero attached hydrogens (tertiary/aromatic N) is 1. The van der Waals surface area contributed by atoms with Gasteiger partial charge in [0.1, 0.15) is 0 Å². The van der Waals surface area contributed by atoms with Crippen molar-refractivity contribution in [3.63, 3.8) is 0 Å². The predicted octanol–water partition coefficient (Wildman–Crippen LogP) is 2.88. The summed E-state index contributed by atoms with van der Waals surface area (Å²) < 4.78 is 20.3. The molecule has 2 fully saturated rings. The van der Waals surface area contributed by atoms with Gasteiger partial charge in [0.25, 0.3) is 0 Å². The van der Waals surface area contributed by atoms with Crippen molar-refractivity contribution in [3.05, 3.63) is 35.9 Å². The third-order valence-corrected chi connectivity index (χ3v) is 7.08. The van der Waals surface area contributed by atoms with Gasteiger partial charge in [-0.3, -0.25) is 24.1 Å². The van der Waals surface area contributed by atoms with Crippen molar-refractivity contribution in [1.29, 1.82) is 0 Å². The molecule has 39 heavy (non-hydrogen) atoms. The van der Waals surface area contributed by atoms with Crippen LogP contribution in [0.25, 0.3) is 0 Å². The predicted molar refractivity (Wildman–Crippen MR) is 144 cm³/mol. The summed E-state index contributed by atoms with van der Waals surface area (Å²) in [5, 5.41) is 3.12. The molecule has 218 valence electrons. The molecule has 3 rings (SSSR count). The van der Waals surface area contributed by atoms with Gasteiger partial charge in [-0.25, -0.2) is 0 Å². The van der Waals surface area contributed by atoms with Crippen LogP contribution in [0, 0.1) is 10.8 Å². The van der Waals surface area contributed by atoms with Crippen LogP contribution >= 0.6 is 0 Å². The minimum absolute atomic E-state index is 0.272. The Labute approximate surface area is 231 Å². The number of likely N-dealkylation sites (tertiary alicyclic amines) is 1. The van der Waals surface area contributed by atoms with Gasteiger partial charge in [-0.15, -0.1) is 0 Å². The first-order valence-electron chi connectivity index (χ1n) is 14.0. The van der Waals surface area contributed by atoms with E-state index in [-0.39, 0.29) is 26.4 Å². The maximum atomic E-state index is 12.4. The topological polar surface area (TPSA) is 120 Å². The summed E-state index contributed by atoms with van der Waals surface area (Å²) in [6.45, 7) is 11.5. The lowest BCUT2D eigenvalue weighted by molar-refractivity contribution is -0.177. The summed E-state index contributed by atoms with van der Waals surface area (Å²) in [5.41, 5.74) is -0.997. The standard InChI is InChI=1S/C18H25NO4.C11H19NO4/c1-3-22-16(20)18(17(21)23-4-2)10-12-19(13-11-18)14-15-8-6-5-7-9-15;1-3-15-9(13)11(10(14)16-4-2)5-7-12-8-6-11/h5-9H,3-4,10-14H2,1-2H3;12H,3-8H2,1-2H3. The van der Waals surface area contributed by atoms with Gasteiger partial charge >= 0.3 is 23.9 Å². The lowest BCUT2D eigenvalue weighted by Gasteiger charge is -2.38. The van der Waals surface area contributed by atoms with E-state index in [1.165, 1.54) is 5.56 Å². The molecule has 2 aliphatic rings. The molecule has 1 aromatic rings. The van der Waals surface area contributed by atoms with Crippen LogP contribution in [0.3, 0.4) is 0 Å². The van der Waals surface area contributed by atoms with Crippen molar-refractivity contribution in [1.82, 2.24) is 10.2 Å². The van der Waals surface area contributed by atoms with E-state index < -0.39 is 34.7 Å². The van der Waals surface area contributed by atoms with E-state index in [2.05, 4.69) is 22.3 Å². The number of nitrogens with one attached hydrogen (secondary N) is 1. The summed E-state index contributed by atoms with van der Waals surface area (Å²) in [6.07, 6.45) is 1.78. The second kappa shape index (κ2) is 16.2. The van der Waals surface area contributed by atoms with Crippen LogP contribution in [0.1, 0.15) is 58.9 Å². The van der Waals surface area contributed by atoms with Crippen LogP contribution < -0.4 is 5.32 Å². The molecular weight excluding hydrogens is 504 g/mol. The molecule has 2 aliphatic heterocycles. The summed E-state index contributed by atoms with van der Waals surface area (Å²) >= 11 is 0. The van der Waals surface area contributed by atoms with Crippen LogP contribution in [0.5, 0.6) is 0 Å². The van der Waals surface area contributed by atoms with Crippen molar-refractivity contribution in [2.75, 3.05) is 52.6 Å². The number of benzene rings is 1. The number of hydrogen-bond acceptors (Lipinski definition) is 10. The zero-order valence-corrected chi connectivity index (χ0v) is 23.8. The Balaban J connectivity index is 0.000000293. The van der Waals surface area contributed by atoms with E-state index in [4.69, 9.17) is 18.9 Å². The van der Waals surface area contributed by atoms with E-state index in [1.807, 2.05) is 18.2 Å². The molecular formula is C29H44N2O8. The van der Waals surface area contributed by atoms with Gasteiger partial charge in [0.2, 0.25) is 0 Å². The minimum atomic E-state index is -1.14. The molecule has 2 heterocycles. The third kappa shape index (κ3) is 8.50. The zero-order valence-electron chi connectivity index (χ0n) is 23.8. The summed E-state index contributed by atoms with van der Waals surface area (Å²) in [7, 11) is 0. The van der Waals surface area contributed by atoms with Crippen LogP contribution in [-0.4, -0.2) is 81.4 Å². The van der Waals surface area contributed by atoms with Gasteiger partial charge in [-0.2, -0.15) is 0 Å². The summed E-state index contributed by atoms with van der Waals surface area (Å²) in [6, 6.07) is 10.2. The monoisotopic (exact) mass is 548 g/mol. The largest absolute Gasteiger partial charge is 0.465 e. The Bertz CT molecular complexity index is 882. The molecule has 0 amide bonds. The normalized spacial score (nSPS) is 18.1. The summed E-state index contributed by atoms with van der Waals surface area (Å²) in [5.74, 6) is -1.79. The second-order valence-corrected chi connectivity index (χ2v) is 9.56. The quantitative estimate of drug-likeness (QED) is 0.265. The molecule has 0 aliphatic carbocycles. The molecule has 1 aromatic carbocycles. The molecule has 0 unspecified atom stereocenters. The molecule has 10 heteroatoms. The molecule has 2 saturated heterocycles. The van der Waals surface area contributed by atoms with Crippen molar-refractivity contribution in [2.45, 2.75) is 59.9 Å². The molecule has 0 spiro atoms. The molecule has 1 N–H and O–H groups in total. The van der Waals surface area contributed by atoms with E-state index in [0.29, 0.717) is 51.9 Å². The fraction of sp³-hybridized carbons (Fsp3) is 0.655. The highest BCUT2D eigenvalue weighted by atomic mass is 16.6. The number of ether oxygens (including phenoxy) is 4. The number of rotatable bonds is 10. The molecule has 0 aromatic heterocycles. The Kier molecular flexibility index (Phi) is 13.4. The second-order valence-electron chi connectivity index (χ2n) is 9.56. The number of hydrogen-bond donors (Lipinski definition) is 1. The van der Waals surface area contributed by atoms with E-state index >= 15 is 0 Å². The maximum absolute atomic E-state index is 12.4.